The molecule has 1 aromatic heterocycles. The average Bonchev–Trinajstić information content (AvgIpc) is 2.00. The fourth-order valence-electron chi connectivity index (χ4n) is 0.955. The van der Waals surface area contributed by atoms with E-state index in [2.05, 4.69) is 20.9 Å². The van der Waals surface area contributed by atoms with Gasteiger partial charge in [0.25, 0.3) is 6.43 Å². The summed E-state index contributed by atoms with van der Waals surface area (Å²) in [4.78, 5) is 3.13. The monoisotopic (exact) mass is 290 g/mol. The van der Waals surface area contributed by atoms with Crippen molar-refractivity contribution in [2.24, 2.45) is 0 Å². The smallest absolute Gasteiger partial charge is 0.397 e. The molecule has 8 heteroatoms. The third kappa shape index (κ3) is 2.36. The number of rotatable bonds is 1. The Morgan fingerprint density at radius 1 is 1.33 bits per heavy atom. The fraction of sp³-hybridized carbons (Fsp3) is 0.286. The minimum absolute atomic E-state index is 0.565. The van der Waals surface area contributed by atoms with Gasteiger partial charge in [-0.05, 0) is 15.9 Å². The van der Waals surface area contributed by atoms with Gasteiger partial charge >= 0.3 is 6.18 Å². The zero-order valence-electron chi connectivity index (χ0n) is 6.95. The number of nitrogen functional groups attached to an aromatic ring is 1. The number of hydrogen-bond donors (Lipinski definition) is 1. The molecule has 84 valence electrons. The normalized spacial score (nSPS) is 12.2. The van der Waals surface area contributed by atoms with Crippen molar-refractivity contribution in [3.8, 4) is 0 Å². The van der Waals surface area contributed by atoms with E-state index in [4.69, 9.17) is 5.73 Å². The van der Waals surface area contributed by atoms with E-state index in [0.29, 0.717) is 6.20 Å². The predicted octanol–water partition coefficient (Wildman–Crippen LogP) is 3.38. The number of pyridine rings is 1. The largest absolute Gasteiger partial charge is 0.419 e. The third-order valence-electron chi connectivity index (χ3n) is 1.57. The lowest BCUT2D eigenvalue weighted by Gasteiger charge is -2.13. The Morgan fingerprint density at radius 2 is 1.87 bits per heavy atom. The van der Waals surface area contributed by atoms with Gasteiger partial charge in [-0.15, -0.1) is 0 Å². The topological polar surface area (TPSA) is 38.9 Å². The van der Waals surface area contributed by atoms with E-state index >= 15 is 0 Å². The molecule has 0 aliphatic heterocycles. The van der Waals surface area contributed by atoms with E-state index in [-0.39, 0.29) is 0 Å². The van der Waals surface area contributed by atoms with Gasteiger partial charge in [-0.3, -0.25) is 4.98 Å². The summed E-state index contributed by atoms with van der Waals surface area (Å²) in [7, 11) is 0. The number of aromatic nitrogens is 1. The number of nitrogens with zero attached hydrogens (tertiary/aromatic N) is 1. The molecule has 15 heavy (non-hydrogen) atoms. The molecule has 0 saturated carbocycles. The Hall–Kier alpha value is -0.920. The molecule has 1 heterocycles. The van der Waals surface area contributed by atoms with E-state index in [1.54, 1.807) is 0 Å². The molecular formula is C7H4BrF5N2. The van der Waals surface area contributed by atoms with Crippen LogP contribution in [0.4, 0.5) is 27.6 Å². The van der Waals surface area contributed by atoms with Crippen LogP contribution in [0.2, 0.25) is 0 Å². The fourth-order valence-corrected chi connectivity index (χ4v) is 1.68. The maximum atomic E-state index is 12.4. The van der Waals surface area contributed by atoms with Gasteiger partial charge in [-0.1, -0.05) is 0 Å². The van der Waals surface area contributed by atoms with Crippen molar-refractivity contribution in [1.82, 2.24) is 4.98 Å². The molecule has 0 spiro atoms. The van der Waals surface area contributed by atoms with Crippen molar-refractivity contribution in [2.45, 2.75) is 12.6 Å². The summed E-state index contributed by atoms with van der Waals surface area (Å²) in [6.07, 6.45) is -7.33. The standard InChI is InChI=1S/C7H4BrF5N2/c8-4-3(7(11,12)13)2(14)1-15-5(4)6(9)10/h1,6H,14H2. The van der Waals surface area contributed by atoms with Gasteiger partial charge in [-0.2, -0.15) is 13.2 Å². The van der Waals surface area contributed by atoms with Crippen LogP contribution in [-0.4, -0.2) is 4.98 Å². The Labute approximate surface area is 89.4 Å². The first kappa shape index (κ1) is 12.2. The molecule has 2 nitrogen and oxygen atoms in total. The molecule has 1 rings (SSSR count). The average molecular weight is 291 g/mol. The van der Waals surface area contributed by atoms with Crippen molar-refractivity contribution in [2.75, 3.05) is 5.73 Å². The molecule has 0 amide bonds. The minimum atomic E-state index is -4.80. The van der Waals surface area contributed by atoms with E-state index in [9.17, 15) is 22.0 Å². The summed E-state index contributed by atoms with van der Waals surface area (Å²) in [5.74, 6) is 0. The van der Waals surface area contributed by atoms with Crippen LogP contribution in [-0.2, 0) is 6.18 Å². The number of anilines is 1. The van der Waals surface area contributed by atoms with Crippen LogP contribution >= 0.6 is 15.9 Å². The first-order valence-corrected chi connectivity index (χ1v) is 4.33. The van der Waals surface area contributed by atoms with Gasteiger partial charge in [0.05, 0.1) is 21.9 Å². The molecule has 0 atom stereocenters. The Bertz CT molecular complexity index is 376. The van der Waals surface area contributed by atoms with Gasteiger partial charge in [0.15, 0.2) is 0 Å². The van der Waals surface area contributed by atoms with Gasteiger partial charge in [0.2, 0.25) is 0 Å². The molecule has 0 aromatic carbocycles. The highest BCUT2D eigenvalue weighted by atomic mass is 79.9. The van der Waals surface area contributed by atoms with Crippen molar-refractivity contribution >= 4 is 21.6 Å². The Balaban J connectivity index is 3.44. The Kier molecular flexibility index (Phi) is 3.17. The summed E-state index contributed by atoms with van der Waals surface area (Å²) in [5.41, 5.74) is 2.02. The summed E-state index contributed by atoms with van der Waals surface area (Å²) in [6, 6.07) is 0. The molecule has 0 fully saturated rings. The molecule has 1 aromatic rings. The molecule has 0 aliphatic rings. The SMILES string of the molecule is Nc1cnc(C(F)F)c(Br)c1C(F)(F)F. The first-order valence-electron chi connectivity index (χ1n) is 3.54. The molecule has 0 bridgehead atoms. The van der Waals surface area contributed by atoms with E-state index in [1.165, 1.54) is 0 Å². The molecule has 0 aliphatic carbocycles. The van der Waals surface area contributed by atoms with Crippen LogP contribution in [0.1, 0.15) is 17.7 Å². The molecule has 0 saturated heterocycles. The number of halogens is 6. The van der Waals surface area contributed by atoms with Crippen LogP contribution < -0.4 is 5.73 Å². The second-order valence-corrected chi connectivity index (χ2v) is 3.38. The lowest BCUT2D eigenvalue weighted by atomic mass is 10.2. The van der Waals surface area contributed by atoms with Crippen molar-refractivity contribution in [1.29, 1.82) is 0 Å². The van der Waals surface area contributed by atoms with Gasteiger partial charge < -0.3 is 5.73 Å². The summed E-state index contributed by atoms with van der Waals surface area (Å²) in [5, 5.41) is 0. The minimum Gasteiger partial charge on any atom is -0.397 e. The summed E-state index contributed by atoms with van der Waals surface area (Å²) < 4.78 is 60.8. The zero-order chi connectivity index (χ0) is 11.8. The Morgan fingerprint density at radius 3 is 2.27 bits per heavy atom. The highest BCUT2D eigenvalue weighted by molar-refractivity contribution is 9.10. The van der Waals surface area contributed by atoms with Gasteiger partial charge in [-0.25, -0.2) is 8.78 Å². The number of hydrogen-bond acceptors (Lipinski definition) is 2. The highest BCUT2D eigenvalue weighted by Crippen LogP contribution is 2.41. The zero-order valence-corrected chi connectivity index (χ0v) is 8.53. The van der Waals surface area contributed by atoms with Crippen molar-refractivity contribution < 1.29 is 22.0 Å². The maximum Gasteiger partial charge on any atom is 0.419 e. The van der Waals surface area contributed by atoms with Crippen molar-refractivity contribution in [3.05, 3.63) is 21.9 Å². The summed E-state index contributed by atoms with van der Waals surface area (Å²) in [6.45, 7) is 0. The first-order chi connectivity index (χ1) is 6.75. The molecular weight excluding hydrogens is 287 g/mol. The second kappa shape index (κ2) is 3.92. The maximum absolute atomic E-state index is 12.4. The lowest BCUT2D eigenvalue weighted by molar-refractivity contribution is -0.137. The van der Waals surface area contributed by atoms with Crippen LogP contribution in [0.5, 0.6) is 0 Å². The molecule has 0 unspecified atom stereocenters. The quantitative estimate of drug-likeness (QED) is 0.805. The van der Waals surface area contributed by atoms with E-state index in [1.807, 2.05) is 0 Å². The van der Waals surface area contributed by atoms with Crippen LogP contribution in [0.15, 0.2) is 10.7 Å². The van der Waals surface area contributed by atoms with Crippen LogP contribution in [0.25, 0.3) is 0 Å². The van der Waals surface area contributed by atoms with Crippen LogP contribution in [0.3, 0.4) is 0 Å². The van der Waals surface area contributed by atoms with E-state index in [0.717, 1.165) is 0 Å². The third-order valence-corrected chi connectivity index (χ3v) is 2.37. The number of nitrogens with two attached hydrogens (primary N) is 1. The number of alkyl halides is 5. The van der Waals surface area contributed by atoms with Crippen molar-refractivity contribution in [3.63, 3.8) is 0 Å². The van der Waals surface area contributed by atoms with Gasteiger partial charge in [0, 0.05) is 0 Å². The lowest BCUT2D eigenvalue weighted by Crippen LogP contribution is -2.12. The molecule has 0 radical (unpaired) electrons. The van der Waals surface area contributed by atoms with E-state index < -0.39 is 34.0 Å². The summed E-state index contributed by atoms with van der Waals surface area (Å²) >= 11 is 2.43. The highest BCUT2D eigenvalue weighted by Gasteiger charge is 2.37. The van der Waals surface area contributed by atoms with Gasteiger partial charge in [0.1, 0.15) is 5.69 Å². The second-order valence-electron chi connectivity index (χ2n) is 2.59. The van der Waals surface area contributed by atoms with Crippen LogP contribution in [0, 0.1) is 0 Å². The molecule has 2 N–H and O–H groups in total. The predicted molar refractivity (Wildman–Crippen MR) is 46.3 cm³/mol.